The lowest BCUT2D eigenvalue weighted by Gasteiger charge is -2.19. The van der Waals surface area contributed by atoms with Gasteiger partial charge >= 0.3 is 0 Å². The molecule has 1 aliphatic rings. The van der Waals surface area contributed by atoms with Crippen LogP contribution in [0.2, 0.25) is 0 Å². The lowest BCUT2D eigenvalue weighted by atomic mass is 9.98. The van der Waals surface area contributed by atoms with Crippen molar-refractivity contribution in [3.63, 3.8) is 0 Å². The maximum atomic E-state index is 11.2. The molecule has 1 aliphatic heterocycles. The number of fused-ring (bicyclic) bond motifs is 1. The highest BCUT2D eigenvalue weighted by atomic mass is 16.5. The van der Waals surface area contributed by atoms with Gasteiger partial charge in [-0.2, -0.15) is 0 Å². The van der Waals surface area contributed by atoms with E-state index in [0.717, 1.165) is 36.3 Å². The van der Waals surface area contributed by atoms with Gasteiger partial charge in [-0.15, -0.1) is 0 Å². The molecule has 0 bridgehead atoms. The minimum atomic E-state index is 0.126. The number of carbonyl (C=O) groups is 1. The summed E-state index contributed by atoms with van der Waals surface area (Å²) in [5.41, 5.74) is 3.06. The Balaban J connectivity index is 2.51. The number of rotatable bonds is 1. The molecular weight excluding hydrogens is 176 g/mol. The van der Waals surface area contributed by atoms with Gasteiger partial charge in [0.15, 0.2) is 5.78 Å². The predicted octanol–water partition coefficient (Wildman–Crippen LogP) is 2.52. The van der Waals surface area contributed by atoms with Gasteiger partial charge in [-0.05, 0) is 49.9 Å². The van der Waals surface area contributed by atoms with Crippen LogP contribution in [0, 0.1) is 6.92 Å². The van der Waals surface area contributed by atoms with E-state index >= 15 is 0 Å². The van der Waals surface area contributed by atoms with E-state index in [4.69, 9.17) is 4.74 Å². The minimum Gasteiger partial charge on any atom is -0.493 e. The number of carbonyl (C=O) groups excluding carboxylic acids is 1. The molecule has 1 heterocycles. The second kappa shape index (κ2) is 3.45. The van der Waals surface area contributed by atoms with Crippen molar-refractivity contribution < 1.29 is 9.53 Å². The van der Waals surface area contributed by atoms with E-state index in [0.29, 0.717) is 0 Å². The average molecular weight is 190 g/mol. The van der Waals surface area contributed by atoms with Crippen LogP contribution in [-0.2, 0) is 6.42 Å². The van der Waals surface area contributed by atoms with Crippen LogP contribution < -0.4 is 4.74 Å². The topological polar surface area (TPSA) is 26.3 Å². The monoisotopic (exact) mass is 190 g/mol. The summed E-state index contributed by atoms with van der Waals surface area (Å²) in [6.07, 6.45) is 2.07. The van der Waals surface area contributed by atoms with Crippen LogP contribution in [0.4, 0.5) is 0 Å². The molecular formula is C12H14O2. The molecule has 2 nitrogen and oxygen atoms in total. The van der Waals surface area contributed by atoms with Crippen molar-refractivity contribution in [3.05, 3.63) is 28.8 Å². The largest absolute Gasteiger partial charge is 0.493 e. The minimum absolute atomic E-state index is 0.126. The van der Waals surface area contributed by atoms with Gasteiger partial charge in [0, 0.05) is 5.56 Å². The fourth-order valence-electron chi connectivity index (χ4n) is 1.88. The highest BCUT2D eigenvalue weighted by molar-refractivity contribution is 5.94. The molecule has 2 heteroatoms. The van der Waals surface area contributed by atoms with Crippen LogP contribution in [0.3, 0.4) is 0 Å². The van der Waals surface area contributed by atoms with Crippen molar-refractivity contribution in [2.24, 2.45) is 0 Å². The van der Waals surface area contributed by atoms with Gasteiger partial charge in [0.25, 0.3) is 0 Å². The summed E-state index contributed by atoms with van der Waals surface area (Å²) in [4.78, 5) is 11.2. The first-order chi connectivity index (χ1) is 6.68. The fourth-order valence-corrected chi connectivity index (χ4v) is 1.88. The Morgan fingerprint density at radius 2 is 2.21 bits per heavy atom. The van der Waals surface area contributed by atoms with Gasteiger partial charge in [0.2, 0.25) is 0 Å². The molecule has 74 valence electrons. The summed E-state index contributed by atoms with van der Waals surface area (Å²) in [6.45, 7) is 4.40. The highest BCUT2D eigenvalue weighted by Gasteiger charge is 2.14. The molecule has 0 N–H and O–H groups in total. The Bertz CT molecular complexity index is 380. The molecule has 0 unspecified atom stereocenters. The first-order valence-corrected chi connectivity index (χ1v) is 4.96. The molecule has 0 amide bonds. The molecule has 0 radical (unpaired) electrons. The normalized spacial score (nSPS) is 14.4. The number of hydrogen-bond acceptors (Lipinski definition) is 2. The number of ether oxygens (including phenoxy) is 1. The van der Waals surface area contributed by atoms with E-state index in [1.165, 1.54) is 5.56 Å². The van der Waals surface area contributed by atoms with Gasteiger partial charge in [0.05, 0.1) is 6.61 Å². The Morgan fingerprint density at radius 3 is 2.93 bits per heavy atom. The SMILES string of the molecule is CC(=O)c1cc(C)c2c(c1)CCCO2. The number of ketones is 1. The zero-order chi connectivity index (χ0) is 10.1. The van der Waals surface area contributed by atoms with Gasteiger partial charge in [0.1, 0.15) is 5.75 Å². The lowest BCUT2D eigenvalue weighted by molar-refractivity contribution is 0.101. The summed E-state index contributed by atoms with van der Waals surface area (Å²) in [5.74, 6) is 1.11. The van der Waals surface area contributed by atoms with Crippen molar-refractivity contribution in [1.29, 1.82) is 0 Å². The first-order valence-electron chi connectivity index (χ1n) is 4.96. The predicted molar refractivity (Wildman–Crippen MR) is 55.0 cm³/mol. The van der Waals surface area contributed by atoms with E-state index in [1.807, 2.05) is 19.1 Å². The lowest BCUT2D eigenvalue weighted by Crippen LogP contribution is -2.10. The third kappa shape index (κ3) is 1.52. The zero-order valence-corrected chi connectivity index (χ0v) is 8.59. The van der Waals surface area contributed by atoms with Gasteiger partial charge in [-0.25, -0.2) is 0 Å². The van der Waals surface area contributed by atoms with Gasteiger partial charge in [-0.3, -0.25) is 4.79 Å². The average Bonchev–Trinajstić information content (AvgIpc) is 2.17. The quantitative estimate of drug-likeness (QED) is 0.636. The molecule has 0 atom stereocenters. The molecule has 0 aromatic heterocycles. The Hall–Kier alpha value is -1.31. The summed E-state index contributed by atoms with van der Waals surface area (Å²) in [7, 11) is 0. The van der Waals surface area contributed by atoms with E-state index in [9.17, 15) is 4.79 Å². The van der Waals surface area contributed by atoms with Gasteiger partial charge in [-0.1, -0.05) is 0 Å². The third-order valence-corrected chi connectivity index (χ3v) is 2.59. The van der Waals surface area contributed by atoms with Crippen LogP contribution in [0.15, 0.2) is 12.1 Å². The molecule has 0 spiro atoms. The summed E-state index contributed by atoms with van der Waals surface area (Å²) >= 11 is 0. The highest BCUT2D eigenvalue weighted by Crippen LogP contribution is 2.29. The van der Waals surface area contributed by atoms with Crippen LogP contribution >= 0.6 is 0 Å². The first kappa shape index (κ1) is 9.25. The Kier molecular flexibility index (Phi) is 2.28. The van der Waals surface area contributed by atoms with Crippen LogP contribution in [0.25, 0.3) is 0 Å². The summed E-state index contributed by atoms with van der Waals surface area (Å²) < 4.78 is 5.58. The van der Waals surface area contributed by atoms with Crippen molar-refractivity contribution in [3.8, 4) is 5.75 Å². The van der Waals surface area contributed by atoms with Crippen molar-refractivity contribution in [2.45, 2.75) is 26.7 Å². The Morgan fingerprint density at radius 1 is 1.43 bits per heavy atom. The molecule has 0 aliphatic carbocycles. The van der Waals surface area contributed by atoms with Crippen molar-refractivity contribution in [1.82, 2.24) is 0 Å². The molecule has 2 rings (SSSR count). The maximum absolute atomic E-state index is 11.2. The van der Waals surface area contributed by atoms with E-state index in [2.05, 4.69) is 0 Å². The van der Waals surface area contributed by atoms with E-state index < -0.39 is 0 Å². The van der Waals surface area contributed by atoms with E-state index in [-0.39, 0.29) is 5.78 Å². The van der Waals surface area contributed by atoms with Crippen LogP contribution in [0.5, 0.6) is 5.75 Å². The van der Waals surface area contributed by atoms with Crippen LogP contribution in [0.1, 0.15) is 34.8 Å². The summed E-state index contributed by atoms with van der Waals surface area (Å²) in [5, 5.41) is 0. The smallest absolute Gasteiger partial charge is 0.159 e. The second-order valence-corrected chi connectivity index (χ2v) is 3.79. The number of hydrogen-bond donors (Lipinski definition) is 0. The number of Topliss-reactive ketones (excluding diaryl/α,β-unsaturated/α-hetero) is 1. The molecule has 14 heavy (non-hydrogen) atoms. The molecule has 0 fully saturated rings. The fraction of sp³-hybridized carbons (Fsp3) is 0.417. The Labute approximate surface area is 83.9 Å². The third-order valence-electron chi connectivity index (χ3n) is 2.59. The molecule has 1 aromatic carbocycles. The second-order valence-electron chi connectivity index (χ2n) is 3.79. The maximum Gasteiger partial charge on any atom is 0.159 e. The number of benzene rings is 1. The molecule has 0 saturated heterocycles. The standard InChI is InChI=1S/C12H14O2/c1-8-6-11(9(2)13)7-10-4-3-5-14-12(8)10/h6-7H,3-5H2,1-2H3. The van der Waals surface area contributed by atoms with Crippen molar-refractivity contribution >= 4 is 5.78 Å². The van der Waals surface area contributed by atoms with Crippen LogP contribution in [-0.4, -0.2) is 12.4 Å². The number of aryl methyl sites for hydroxylation is 2. The molecule has 1 aromatic rings. The summed E-state index contributed by atoms with van der Waals surface area (Å²) in [6, 6.07) is 3.87. The van der Waals surface area contributed by atoms with Crippen molar-refractivity contribution in [2.75, 3.05) is 6.61 Å². The zero-order valence-electron chi connectivity index (χ0n) is 8.59. The molecule has 0 saturated carbocycles. The van der Waals surface area contributed by atoms with Gasteiger partial charge < -0.3 is 4.74 Å². The van der Waals surface area contributed by atoms with E-state index in [1.54, 1.807) is 6.92 Å².